The summed E-state index contributed by atoms with van der Waals surface area (Å²) in [4.78, 5) is 0. The van der Waals surface area contributed by atoms with Gasteiger partial charge in [0.25, 0.3) is 0 Å². The zero-order valence-electron chi connectivity index (χ0n) is 12.0. The molecule has 0 fully saturated rings. The van der Waals surface area contributed by atoms with Gasteiger partial charge in [0.05, 0.1) is 10.7 Å². The van der Waals surface area contributed by atoms with Gasteiger partial charge < -0.3 is 10.1 Å². The lowest BCUT2D eigenvalue weighted by atomic mass is 10.2. The van der Waals surface area contributed by atoms with Crippen LogP contribution in [0.4, 0.5) is 11.4 Å². The molecule has 0 saturated carbocycles. The molecule has 0 aromatic heterocycles. The minimum Gasteiger partial charge on any atom is -0.489 e. The first-order valence-corrected chi connectivity index (χ1v) is 7.47. The molecule has 0 spiro atoms. The number of hydrogen-bond acceptors (Lipinski definition) is 2. The molecule has 110 valence electrons. The highest BCUT2D eigenvalue weighted by molar-refractivity contribution is 6.33. The summed E-state index contributed by atoms with van der Waals surface area (Å²) < 4.78 is 5.83. The van der Waals surface area contributed by atoms with Crippen LogP contribution in [0.25, 0.3) is 0 Å². The third kappa shape index (κ3) is 3.80. The van der Waals surface area contributed by atoms with Crippen molar-refractivity contribution in [2.45, 2.75) is 6.61 Å². The lowest BCUT2D eigenvalue weighted by Gasteiger charge is -2.11. The van der Waals surface area contributed by atoms with Crippen molar-refractivity contribution in [1.82, 2.24) is 0 Å². The van der Waals surface area contributed by atoms with Crippen molar-refractivity contribution in [3.05, 3.63) is 89.4 Å². The highest BCUT2D eigenvalue weighted by Gasteiger charge is 2.01. The van der Waals surface area contributed by atoms with E-state index in [9.17, 15) is 0 Å². The molecule has 0 aliphatic rings. The van der Waals surface area contributed by atoms with Crippen LogP contribution in [-0.4, -0.2) is 0 Å². The molecular weight excluding hydrogens is 294 g/mol. The first-order valence-electron chi connectivity index (χ1n) is 7.09. The van der Waals surface area contributed by atoms with E-state index < -0.39 is 0 Å². The summed E-state index contributed by atoms with van der Waals surface area (Å²) in [6.45, 7) is 0.552. The van der Waals surface area contributed by atoms with E-state index >= 15 is 0 Å². The summed E-state index contributed by atoms with van der Waals surface area (Å²) in [6, 6.07) is 25.6. The van der Waals surface area contributed by atoms with Gasteiger partial charge in [0, 0.05) is 11.8 Å². The Hall–Kier alpha value is -2.45. The Labute approximate surface area is 135 Å². The minimum absolute atomic E-state index is 0.552. The van der Waals surface area contributed by atoms with Gasteiger partial charge in [-0.2, -0.15) is 0 Å². The zero-order valence-corrected chi connectivity index (χ0v) is 12.8. The first kappa shape index (κ1) is 14.5. The van der Waals surface area contributed by atoms with Gasteiger partial charge in [-0.15, -0.1) is 0 Å². The highest BCUT2D eigenvalue weighted by atomic mass is 35.5. The number of nitrogens with one attached hydrogen (secondary N) is 1. The van der Waals surface area contributed by atoms with Crippen molar-refractivity contribution >= 4 is 23.0 Å². The van der Waals surface area contributed by atoms with Gasteiger partial charge in [-0.3, -0.25) is 0 Å². The molecule has 0 heterocycles. The van der Waals surface area contributed by atoms with Crippen LogP contribution in [0.5, 0.6) is 5.75 Å². The molecule has 0 atom stereocenters. The van der Waals surface area contributed by atoms with E-state index in [1.165, 1.54) is 0 Å². The predicted octanol–water partition coefficient (Wildman–Crippen LogP) is 5.66. The summed E-state index contributed by atoms with van der Waals surface area (Å²) >= 11 is 6.16. The van der Waals surface area contributed by atoms with E-state index in [0.29, 0.717) is 11.6 Å². The largest absolute Gasteiger partial charge is 0.489 e. The number of ether oxygens (including phenoxy) is 1. The molecule has 22 heavy (non-hydrogen) atoms. The molecule has 0 saturated heterocycles. The quantitative estimate of drug-likeness (QED) is 0.656. The Kier molecular flexibility index (Phi) is 4.62. The summed E-state index contributed by atoms with van der Waals surface area (Å²) in [5, 5.41) is 3.99. The lowest BCUT2D eigenvalue weighted by molar-refractivity contribution is 0.306. The summed E-state index contributed by atoms with van der Waals surface area (Å²) in [5.74, 6) is 0.820. The van der Waals surface area contributed by atoms with Crippen molar-refractivity contribution in [3.63, 3.8) is 0 Å². The maximum absolute atomic E-state index is 6.16. The lowest BCUT2D eigenvalue weighted by Crippen LogP contribution is -1.96. The van der Waals surface area contributed by atoms with Gasteiger partial charge in [0.2, 0.25) is 0 Å². The van der Waals surface area contributed by atoms with Crippen LogP contribution < -0.4 is 10.1 Å². The van der Waals surface area contributed by atoms with Crippen molar-refractivity contribution in [2.24, 2.45) is 0 Å². The monoisotopic (exact) mass is 309 g/mol. The summed E-state index contributed by atoms with van der Waals surface area (Å²) in [5.41, 5.74) is 2.97. The molecule has 0 aliphatic heterocycles. The Balaban J connectivity index is 1.69. The van der Waals surface area contributed by atoms with Gasteiger partial charge in [-0.25, -0.2) is 0 Å². The Morgan fingerprint density at radius 1 is 0.818 bits per heavy atom. The fraction of sp³-hybridized carbons (Fsp3) is 0.0526. The number of para-hydroxylation sites is 1. The Morgan fingerprint density at radius 2 is 1.59 bits per heavy atom. The minimum atomic E-state index is 0.552. The van der Waals surface area contributed by atoms with E-state index in [1.54, 1.807) is 0 Å². The van der Waals surface area contributed by atoms with Gasteiger partial charge >= 0.3 is 0 Å². The third-order valence-electron chi connectivity index (χ3n) is 3.24. The van der Waals surface area contributed by atoms with Crippen LogP contribution in [0.2, 0.25) is 5.02 Å². The van der Waals surface area contributed by atoms with Gasteiger partial charge in [-0.05, 0) is 29.8 Å². The van der Waals surface area contributed by atoms with Crippen molar-refractivity contribution < 1.29 is 4.74 Å². The Morgan fingerprint density at radius 3 is 2.41 bits per heavy atom. The fourth-order valence-corrected chi connectivity index (χ4v) is 2.31. The second kappa shape index (κ2) is 7.01. The van der Waals surface area contributed by atoms with Crippen LogP contribution in [-0.2, 0) is 6.61 Å². The summed E-state index contributed by atoms with van der Waals surface area (Å²) in [7, 11) is 0. The number of benzene rings is 3. The predicted molar refractivity (Wildman–Crippen MR) is 92.0 cm³/mol. The van der Waals surface area contributed by atoms with E-state index in [-0.39, 0.29) is 0 Å². The maximum atomic E-state index is 6.16. The Bertz CT molecular complexity index is 743. The van der Waals surface area contributed by atoms with Crippen molar-refractivity contribution in [2.75, 3.05) is 5.32 Å². The molecule has 1 N–H and O–H groups in total. The van der Waals surface area contributed by atoms with E-state index in [2.05, 4.69) is 5.32 Å². The molecular formula is C19H16ClNO. The highest BCUT2D eigenvalue weighted by Crippen LogP contribution is 2.27. The summed E-state index contributed by atoms with van der Waals surface area (Å²) in [6.07, 6.45) is 0. The zero-order chi connectivity index (χ0) is 15.2. The molecule has 3 aromatic carbocycles. The SMILES string of the molecule is Clc1ccccc1Nc1cccc(OCc2ccccc2)c1. The van der Waals surface area contributed by atoms with Crippen molar-refractivity contribution in [1.29, 1.82) is 0 Å². The second-order valence-electron chi connectivity index (χ2n) is 4.91. The van der Waals surface area contributed by atoms with Gasteiger partial charge in [0.1, 0.15) is 12.4 Å². The molecule has 0 amide bonds. The van der Waals surface area contributed by atoms with E-state index in [1.807, 2.05) is 78.9 Å². The second-order valence-corrected chi connectivity index (χ2v) is 5.31. The molecule has 0 aliphatic carbocycles. The number of rotatable bonds is 5. The fourth-order valence-electron chi connectivity index (χ4n) is 2.12. The standard InChI is InChI=1S/C19H16ClNO/c20-18-11-4-5-12-19(18)21-16-9-6-10-17(13-16)22-14-15-7-2-1-3-8-15/h1-13,21H,14H2. The number of halogens is 1. The molecule has 0 unspecified atom stereocenters. The average Bonchev–Trinajstić information content (AvgIpc) is 2.57. The van der Waals surface area contributed by atoms with Crippen LogP contribution >= 0.6 is 11.6 Å². The van der Waals surface area contributed by atoms with Crippen molar-refractivity contribution in [3.8, 4) is 5.75 Å². The van der Waals surface area contributed by atoms with Gasteiger partial charge in [-0.1, -0.05) is 60.1 Å². The third-order valence-corrected chi connectivity index (χ3v) is 3.56. The molecule has 3 aromatic rings. The normalized spacial score (nSPS) is 10.2. The van der Waals surface area contributed by atoms with Crippen LogP contribution in [0.3, 0.4) is 0 Å². The maximum Gasteiger partial charge on any atom is 0.121 e. The first-order chi connectivity index (χ1) is 10.8. The average molecular weight is 310 g/mol. The number of hydrogen-bond donors (Lipinski definition) is 1. The number of anilines is 2. The molecule has 3 heteroatoms. The smallest absolute Gasteiger partial charge is 0.121 e. The topological polar surface area (TPSA) is 21.3 Å². The molecule has 2 nitrogen and oxygen atoms in total. The van der Waals surface area contributed by atoms with Crippen LogP contribution in [0, 0.1) is 0 Å². The van der Waals surface area contributed by atoms with Crippen LogP contribution in [0.15, 0.2) is 78.9 Å². The van der Waals surface area contributed by atoms with E-state index in [0.717, 1.165) is 22.7 Å². The van der Waals surface area contributed by atoms with E-state index in [4.69, 9.17) is 16.3 Å². The van der Waals surface area contributed by atoms with Crippen LogP contribution in [0.1, 0.15) is 5.56 Å². The molecule has 0 radical (unpaired) electrons. The molecule has 3 rings (SSSR count). The molecule has 0 bridgehead atoms. The van der Waals surface area contributed by atoms with Gasteiger partial charge in [0.15, 0.2) is 0 Å².